The van der Waals surface area contributed by atoms with Crippen molar-refractivity contribution in [3.8, 4) is 0 Å². The van der Waals surface area contributed by atoms with E-state index in [1.54, 1.807) is 0 Å². The number of phosphoric ester groups is 2. The number of ether oxygens (including phenoxy) is 2. The third-order valence-electron chi connectivity index (χ3n) is 5.04. The standard InChI is InChI=1S/C19H35N3O16P2/c1-11(25)20-17(13(26)5-4-8-23)18(34-3)37-40(32,33)38-39(30,31)35-10-15(14(27)9-24)36-12(2)22-7-6-16(28)21-19(22)29/h6-7,12-15,17-18,23-24,26-27H,4-5,8-10H2,1-3H3,(H,20,25)(H,30,31)(H,32,33)(H,21,28,29)/t12?,13?,14-,15-,17?,18?/m1/s1. The highest BCUT2D eigenvalue weighted by atomic mass is 31.3. The fraction of sp³-hybridized carbons (Fsp3) is 0.737. The van der Waals surface area contributed by atoms with Gasteiger partial charge in [-0.25, -0.2) is 13.9 Å². The van der Waals surface area contributed by atoms with Crippen molar-refractivity contribution >= 4 is 21.6 Å². The van der Waals surface area contributed by atoms with E-state index in [-0.39, 0.29) is 19.4 Å². The minimum absolute atomic E-state index is 0.0824. The lowest BCUT2D eigenvalue weighted by atomic mass is 10.1. The predicted molar refractivity (Wildman–Crippen MR) is 133 cm³/mol. The first-order valence-corrected chi connectivity index (χ1v) is 14.6. The topological polar surface area (TPSA) is 286 Å². The maximum atomic E-state index is 12.5. The summed E-state index contributed by atoms with van der Waals surface area (Å²) in [6.45, 7) is 0.0904. The van der Waals surface area contributed by atoms with Crippen LogP contribution in [-0.2, 0) is 36.8 Å². The number of aromatic amines is 1. The molecular weight excluding hydrogens is 588 g/mol. The molecule has 1 aromatic heterocycles. The van der Waals surface area contributed by atoms with Crippen molar-refractivity contribution in [1.82, 2.24) is 14.9 Å². The summed E-state index contributed by atoms with van der Waals surface area (Å²) in [5, 5.41) is 40.8. The minimum Gasteiger partial charge on any atom is -0.396 e. The van der Waals surface area contributed by atoms with E-state index in [1.807, 2.05) is 4.98 Å². The van der Waals surface area contributed by atoms with Crippen molar-refractivity contribution in [2.45, 2.75) is 63.6 Å². The lowest BCUT2D eigenvalue weighted by Gasteiger charge is -2.31. The number of aliphatic hydroxyl groups excluding tert-OH is 4. The maximum Gasteiger partial charge on any atom is 0.483 e. The number of rotatable bonds is 19. The number of carbonyl (C=O) groups is 1. The molecule has 0 spiro atoms. The number of hydrogen-bond acceptors (Lipinski definition) is 14. The molecule has 40 heavy (non-hydrogen) atoms. The summed E-state index contributed by atoms with van der Waals surface area (Å²) >= 11 is 0. The quantitative estimate of drug-likeness (QED) is 0.0591. The Morgan fingerprint density at radius 2 is 1.80 bits per heavy atom. The Balaban J connectivity index is 2.97. The molecule has 0 aliphatic heterocycles. The molecule has 0 aliphatic rings. The van der Waals surface area contributed by atoms with Gasteiger partial charge < -0.3 is 45.0 Å². The van der Waals surface area contributed by atoms with Gasteiger partial charge in [-0.2, -0.15) is 4.31 Å². The molecule has 19 nitrogen and oxygen atoms in total. The van der Waals surface area contributed by atoms with Crippen LogP contribution in [0.3, 0.4) is 0 Å². The van der Waals surface area contributed by atoms with Crippen LogP contribution in [0.4, 0.5) is 0 Å². The van der Waals surface area contributed by atoms with Gasteiger partial charge in [0.15, 0.2) is 6.29 Å². The monoisotopic (exact) mass is 623 g/mol. The zero-order chi connectivity index (χ0) is 30.7. The van der Waals surface area contributed by atoms with E-state index in [9.17, 15) is 48.6 Å². The average Bonchev–Trinajstić information content (AvgIpc) is 2.85. The molecule has 8 N–H and O–H groups in total. The first-order valence-electron chi connectivity index (χ1n) is 11.6. The van der Waals surface area contributed by atoms with Gasteiger partial charge in [-0.3, -0.25) is 28.2 Å². The van der Waals surface area contributed by atoms with E-state index in [1.165, 1.54) is 6.92 Å². The Morgan fingerprint density at radius 3 is 2.33 bits per heavy atom. The Hall–Kier alpha value is -1.83. The van der Waals surface area contributed by atoms with Crippen LogP contribution in [0.5, 0.6) is 0 Å². The second kappa shape index (κ2) is 16.6. The van der Waals surface area contributed by atoms with Gasteiger partial charge in [0.25, 0.3) is 5.56 Å². The molecule has 1 aromatic rings. The van der Waals surface area contributed by atoms with E-state index < -0.39 is 82.9 Å². The molecule has 8 atom stereocenters. The van der Waals surface area contributed by atoms with Crippen molar-refractivity contribution in [2.24, 2.45) is 0 Å². The van der Waals surface area contributed by atoms with Gasteiger partial charge in [-0.1, -0.05) is 0 Å². The predicted octanol–water partition coefficient (Wildman–Crippen LogP) is -2.35. The van der Waals surface area contributed by atoms with Crippen molar-refractivity contribution in [3.05, 3.63) is 33.1 Å². The van der Waals surface area contributed by atoms with Crippen molar-refractivity contribution in [2.75, 3.05) is 26.9 Å². The molecule has 0 saturated heterocycles. The number of H-pyrrole nitrogens is 1. The number of aromatic nitrogens is 2. The second-order valence-corrected chi connectivity index (χ2v) is 11.2. The summed E-state index contributed by atoms with van der Waals surface area (Å²) in [7, 11) is -10.0. The highest BCUT2D eigenvalue weighted by Crippen LogP contribution is 2.61. The van der Waals surface area contributed by atoms with Crippen LogP contribution in [0.15, 0.2) is 21.9 Å². The molecule has 6 unspecified atom stereocenters. The molecule has 1 amide bonds. The van der Waals surface area contributed by atoms with Crippen molar-refractivity contribution < 1.29 is 67.0 Å². The number of nitrogens with one attached hydrogen (secondary N) is 2. The van der Waals surface area contributed by atoms with Crippen LogP contribution in [0.1, 0.15) is 32.9 Å². The fourth-order valence-corrected chi connectivity index (χ4v) is 5.38. The van der Waals surface area contributed by atoms with Crippen LogP contribution >= 0.6 is 15.6 Å². The van der Waals surface area contributed by atoms with Gasteiger partial charge in [0, 0.05) is 32.9 Å². The average molecular weight is 623 g/mol. The maximum absolute atomic E-state index is 12.5. The van der Waals surface area contributed by atoms with Crippen LogP contribution < -0.4 is 16.6 Å². The van der Waals surface area contributed by atoms with Gasteiger partial charge in [0.1, 0.15) is 24.5 Å². The van der Waals surface area contributed by atoms with Gasteiger partial charge >= 0.3 is 21.3 Å². The lowest BCUT2D eigenvalue weighted by Crippen LogP contribution is -2.51. The summed E-state index contributed by atoms with van der Waals surface area (Å²) < 4.78 is 49.7. The smallest absolute Gasteiger partial charge is 0.396 e. The first kappa shape index (κ1) is 36.2. The Labute approximate surface area is 227 Å². The number of aliphatic hydroxyl groups is 4. The van der Waals surface area contributed by atoms with E-state index in [0.717, 1.165) is 30.9 Å². The van der Waals surface area contributed by atoms with Crippen LogP contribution in [-0.4, -0.2) is 103 Å². The highest BCUT2D eigenvalue weighted by Gasteiger charge is 2.42. The summed E-state index contributed by atoms with van der Waals surface area (Å²) in [5.74, 6) is -0.699. The summed E-state index contributed by atoms with van der Waals surface area (Å²) in [6.07, 6.45) is -6.86. The molecule has 0 aliphatic carbocycles. The van der Waals surface area contributed by atoms with E-state index in [2.05, 4.69) is 14.2 Å². The SMILES string of the molecule is COC(OP(=O)(O)OP(=O)(O)OC[C@@H](OC(C)n1ccc(=O)[nH]c1=O)[C@H](O)CO)C(NC(C)=O)C(O)CCCO. The van der Waals surface area contributed by atoms with Crippen LogP contribution in [0.2, 0.25) is 0 Å². The van der Waals surface area contributed by atoms with Crippen LogP contribution in [0.25, 0.3) is 0 Å². The third-order valence-corrected chi connectivity index (χ3v) is 7.64. The summed E-state index contributed by atoms with van der Waals surface area (Å²) in [4.78, 5) is 56.7. The number of methoxy groups -OCH3 is 1. The zero-order valence-corrected chi connectivity index (χ0v) is 23.6. The number of phosphoric acid groups is 2. The molecule has 0 fully saturated rings. The molecule has 0 saturated carbocycles. The van der Waals surface area contributed by atoms with Gasteiger partial charge in [-0.05, 0) is 19.8 Å². The molecule has 232 valence electrons. The number of amides is 1. The molecule has 1 heterocycles. The summed E-state index contributed by atoms with van der Waals surface area (Å²) in [5.41, 5.74) is -1.59. The normalized spacial score (nSPS) is 19.4. The second-order valence-electron chi connectivity index (χ2n) is 8.22. The van der Waals surface area contributed by atoms with Crippen molar-refractivity contribution in [1.29, 1.82) is 0 Å². The minimum atomic E-state index is -5.53. The third kappa shape index (κ3) is 12.4. The molecule has 1 rings (SSSR count). The molecule has 0 bridgehead atoms. The van der Waals surface area contributed by atoms with E-state index in [0.29, 0.717) is 0 Å². The van der Waals surface area contributed by atoms with Gasteiger partial charge in [-0.15, -0.1) is 0 Å². The number of nitrogens with zero attached hydrogens (tertiary/aromatic N) is 1. The molecule has 21 heteroatoms. The van der Waals surface area contributed by atoms with Gasteiger partial charge in [0.2, 0.25) is 5.91 Å². The lowest BCUT2D eigenvalue weighted by molar-refractivity contribution is -0.136. The van der Waals surface area contributed by atoms with Gasteiger partial charge in [0.05, 0.1) is 19.3 Å². The highest BCUT2D eigenvalue weighted by molar-refractivity contribution is 7.61. The largest absolute Gasteiger partial charge is 0.483 e. The number of carbonyl (C=O) groups excluding carboxylic acids is 1. The first-order chi connectivity index (χ1) is 18.6. The molecule has 0 aromatic carbocycles. The molecular formula is C19H35N3O16P2. The van der Waals surface area contributed by atoms with E-state index >= 15 is 0 Å². The summed E-state index contributed by atoms with van der Waals surface area (Å²) in [6, 6.07) is -0.480. The van der Waals surface area contributed by atoms with Crippen LogP contribution in [0, 0.1) is 0 Å². The Morgan fingerprint density at radius 1 is 1.15 bits per heavy atom. The Kier molecular flexibility index (Phi) is 15.0. The van der Waals surface area contributed by atoms with Crippen molar-refractivity contribution in [3.63, 3.8) is 0 Å². The number of hydrogen-bond donors (Lipinski definition) is 8. The molecule has 0 radical (unpaired) electrons. The van der Waals surface area contributed by atoms with E-state index in [4.69, 9.17) is 19.1 Å². The fourth-order valence-electron chi connectivity index (χ4n) is 3.18. The zero-order valence-electron chi connectivity index (χ0n) is 21.8. The Bertz CT molecular complexity index is 1140.